The number of hydrogen-bond acceptors (Lipinski definition) is 5. The van der Waals surface area contributed by atoms with E-state index in [2.05, 4.69) is 10.3 Å². The zero-order valence-corrected chi connectivity index (χ0v) is 13.4. The largest absolute Gasteiger partial charge is 0.481 e. The summed E-state index contributed by atoms with van der Waals surface area (Å²) in [5, 5.41) is 3.18. The lowest BCUT2D eigenvalue weighted by atomic mass is 9.95. The van der Waals surface area contributed by atoms with Crippen LogP contribution in [0.3, 0.4) is 0 Å². The van der Waals surface area contributed by atoms with Crippen LogP contribution in [0.5, 0.6) is 5.88 Å². The molecule has 1 aromatic heterocycles. The summed E-state index contributed by atoms with van der Waals surface area (Å²) in [4.78, 5) is 3.72. The highest BCUT2D eigenvalue weighted by Gasteiger charge is 2.30. The first-order valence-electron chi connectivity index (χ1n) is 6.63. The summed E-state index contributed by atoms with van der Waals surface area (Å²) in [7, 11) is -2.53. The minimum absolute atomic E-state index is 0. The molecule has 1 aliphatic rings. The first-order chi connectivity index (χ1) is 9.54. The van der Waals surface area contributed by atoms with E-state index in [1.54, 1.807) is 0 Å². The number of nitrogens with one attached hydrogen (secondary N) is 1. The molecule has 120 valence electrons. The number of sulfone groups is 1. The van der Waals surface area contributed by atoms with Crippen LogP contribution in [-0.2, 0) is 9.84 Å². The van der Waals surface area contributed by atoms with Crippen molar-refractivity contribution in [1.29, 1.82) is 0 Å². The Morgan fingerprint density at radius 1 is 1.43 bits per heavy atom. The van der Waals surface area contributed by atoms with Crippen LogP contribution >= 0.6 is 12.4 Å². The third kappa shape index (κ3) is 4.52. The average Bonchev–Trinajstić information content (AvgIpc) is 2.48. The van der Waals surface area contributed by atoms with Crippen molar-refractivity contribution in [2.45, 2.75) is 29.7 Å². The Bertz CT molecular complexity index is 533. The second-order valence-corrected chi connectivity index (χ2v) is 6.99. The first-order valence-corrected chi connectivity index (χ1v) is 8.17. The number of halogens is 2. The molecule has 1 saturated heterocycles. The van der Waals surface area contributed by atoms with Crippen LogP contribution in [0.2, 0.25) is 0 Å². The molecular weight excluding hydrogens is 319 g/mol. The lowest BCUT2D eigenvalue weighted by molar-refractivity contribution is 0.287. The second kappa shape index (κ2) is 7.91. The van der Waals surface area contributed by atoms with Gasteiger partial charge in [-0.05, 0) is 44.3 Å². The van der Waals surface area contributed by atoms with Crippen molar-refractivity contribution >= 4 is 22.2 Å². The van der Waals surface area contributed by atoms with E-state index in [0.29, 0.717) is 5.88 Å². The number of piperidine rings is 1. The SMILES string of the molecule is COc1ccc(S(=O)(=O)C(F)CC2CCNCC2)cn1.Cl. The molecule has 1 fully saturated rings. The van der Waals surface area contributed by atoms with E-state index in [-0.39, 0.29) is 29.6 Å². The number of ether oxygens (including phenoxy) is 1. The highest BCUT2D eigenvalue weighted by atomic mass is 35.5. The lowest BCUT2D eigenvalue weighted by Crippen LogP contribution is -2.30. The lowest BCUT2D eigenvalue weighted by Gasteiger charge is -2.23. The maximum Gasteiger partial charge on any atom is 0.212 e. The Morgan fingerprint density at radius 3 is 2.62 bits per heavy atom. The van der Waals surface area contributed by atoms with Crippen molar-refractivity contribution in [2.24, 2.45) is 5.92 Å². The van der Waals surface area contributed by atoms with Gasteiger partial charge in [-0.3, -0.25) is 0 Å². The van der Waals surface area contributed by atoms with Crippen molar-refractivity contribution in [1.82, 2.24) is 10.3 Å². The van der Waals surface area contributed by atoms with Gasteiger partial charge in [0.15, 0.2) is 0 Å². The Kier molecular flexibility index (Phi) is 6.83. The zero-order chi connectivity index (χ0) is 14.6. The fraction of sp³-hybridized carbons (Fsp3) is 0.615. The predicted octanol–water partition coefficient (Wildman–Crippen LogP) is 1.97. The number of alkyl halides is 1. The monoisotopic (exact) mass is 338 g/mol. The minimum atomic E-state index is -3.97. The van der Waals surface area contributed by atoms with Gasteiger partial charge in [0.25, 0.3) is 0 Å². The van der Waals surface area contributed by atoms with Gasteiger partial charge in [-0.2, -0.15) is 0 Å². The molecule has 21 heavy (non-hydrogen) atoms. The van der Waals surface area contributed by atoms with Crippen molar-refractivity contribution < 1.29 is 17.5 Å². The molecule has 8 heteroatoms. The number of methoxy groups -OCH3 is 1. The predicted molar refractivity (Wildman–Crippen MR) is 80.3 cm³/mol. The fourth-order valence-electron chi connectivity index (χ4n) is 2.31. The summed E-state index contributed by atoms with van der Waals surface area (Å²) < 4.78 is 43.3. The molecule has 5 nitrogen and oxygen atoms in total. The maximum atomic E-state index is 14.2. The molecule has 0 saturated carbocycles. The molecule has 0 radical (unpaired) electrons. The summed E-state index contributed by atoms with van der Waals surface area (Å²) >= 11 is 0. The average molecular weight is 339 g/mol. The van der Waals surface area contributed by atoms with E-state index >= 15 is 0 Å². The van der Waals surface area contributed by atoms with Crippen LogP contribution in [0.1, 0.15) is 19.3 Å². The minimum Gasteiger partial charge on any atom is -0.481 e. The Morgan fingerprint density at radius 2 is 2.10 bits per heavy atom. The molecule has 1 unspecified atom stereocenters. The van der Waals surface area contributed by atoms with Crippen LogP contribution in [0, 0.1) is 5.92 Å². The standard InChI is InChI=1S/C13H19FN2O3S.ClH/c1-19-13-3-2-11(9-16-13)20(17,18)12(14)8-10-4-6-15-7-5-10;/h2-3,9-10,12,15H,4-8H2,1H3;1H. The van der Waals surface area contributed by atoms with Gasteiger partial charge < -0.3 is 10.1 Å². The normalized spacial score (nSPS) is 17.8. The van der Waals surface area contributed by atoms with Crippen molar-refractivity contribution in [3.05, 3.63) is 18.3 Å². The first kappa shape index (κ1) is 18.1. The molecule has 0 amide bonds. The second-order valence-electron chi connectivity index (χ2n) is 4.92. The summed E-state index contributed by atoms with van der Waals surface area (Å²) in [6, 6.07) is 2.75. The van der Waals surface area contributed by atoms with Crippen molar-refractivity contribution in [3.63, 3.8) is 0 Å². The number of nitrogens with zero attached hydrogens (tertiary/aromatic N) is 1. The topological polar surface area (TPSA) is 68.3 Å². The Balaban J connectivity index is 0.00000220. The summed E-state index contributed by atoms with van der Waals surface area (Å²) in [6.07, 6.45) is 2.83. The smallest absolute Gasteiger partial charge is 0.212 e. The van der Waals surface area contributed by atoms with E-state index in [0.717, 1.165) is 32.1 Å². The molecule has 2 heterocycles. The van der Waals surface area contributed by atoms with Crippen molar-refractivity contribution in [2.75, 3.05) is 20.2 Å². The van der Waals surface area contributed by atoms with Crippen LogP contribution in [0.4, 0.5) is 4.39 Å². The number of rotatable bonds is 5. The molecule has 0 aliphatic carbocycles. The molecule has 1 aliphatic heterocycles. The van der Waals surface area contributed by atoms with Crippen molar-refractivity contribution in [3.8, 4) is 5.88 Å². The molecule has 0 spiro atoms. The van der Waals surface area contributed by atoms with Crippen LogP contribution in [0.25, 0.3) is 0 Å². The Labute approximate surface area is 130 Å². The third-order valence-electron chi connectivity index (χ3n) is 3.56. The molecule has 0 aromatic carbocycles. The Hall–Kier alpha value is -0.920. The third-order valence-corrected chi connectivity index (χ3v) is 5.33. The molecule has 2 rings (SSSR count). The molecule has 0 bridgehead atoms. The summed E-state index contributed by atoms with van der Waals surface area (Å²) in [6.45, 7) is 1.64. The maximum absolute atomic E-state index is 14.2. The van der Waals surface area contributed by atoms with Crippen LogP contribution in [-0.4, -0.2) is 39.1 Å². The van der Waals surface area contributed by atoms with Gasteiger partial charge in [0.05, 0.1) is 12.0 Å². The summed E-state index contributed by atoms with van der Waals surface area (Å²) in [5.74, 6) is 0.421. The van der Waals surface area contributed by atoms with Gasteiger partial charge in [-0.15, -0.1) is 12.4 Å². The van der Waals surface area contributed by atoms with E-state index in [9.17, 15) is 12.8 Å². The molecule has 1 N–H and O–H groups in total. The highest BCUT2D eigenvalue weighted by Crippen LogP contribution is 2.26. The molecular formula is C13H20ClFN2O3S. The van der Waals surface area contributed by atoms with Gasteiger partial charge in [0.2, 0.25) is 21.2 Å². The number of hydrogen-bond donors (Lipinski definition) is 1. The van der Waals surface area contributed by atoms with Gasteiger partial charge in [0, 0.05) is 12.3 Å². The fourth-order valence-corrected chi connectivity index (χ4v) is 3.59. The van der Waals surface area contributed by atoms with Gasteiger partial charge in [0.1, 0.15) is 0 Å². The van der Waals surface area contributed by atoms with Gasteiger partial charge in [-0.1, -0.05) is 0 Å². The zero-order valence-electron chi connectivity index (χ0n) is 11.8. The quantitative estimate of drug-likeness (QED) is 0.889. The van der Waals surface area contributed by atoms with E-state index < -0.39 is 15.3 Å². The number of pyridine rings is 1. The van der Waals surface area contributed by atoms with Crippen LogP contribution < -0.4 is 10.1 Å². The molecule has 1 atom stereocenters. The van der Waals surface area contributed by atoms with Crippen LogP contribution in [0.15, 0.2) is 23.2 Å². The van der Waals surface area contributed by atoms with E-state index in [4.69, 9.17) is 4.74 Å². The van der Waals surface area contributed by atoms with Gasteiger partial charge in [-0.25, -0.2) is 17.8 Å². The van der Waals surface area contributed by atoms with Gasteiger partial charge >= 0.3 is 0 Å². The van der Waals surface area contributed by atoms with E-state index in [1.165, 1.54) is 19.2 Å². The summed E-state index contributed by atoms with van der Waals surface area (Å²) in [5.41, 5.74) is -1.87. The molecule has 1 aromatic rings. The van der Waals surface area contributed by atoms with E-state index in [1.807, 2.05) is 0 Å². The highest BCUT2D eigenvalue weighted by molar-refractivity contribution is 7.91. The number of aromatic nitrogens is 1.